The average Bonchev–Trinajstić information content (AvgIpc) is 1.54. The number of nitrogens with zero attached hydrogens (tertiary/aromatic N) is 3. The van der Waals surface area contributed by atoms with Crippen LogP contribution in [-0.2, 0) is 97.2 Å². The van der Waals surface area contributed by atoms with Gasteiger partial charge < -0.3 is 64.6 Å². The van der Waals surface area contributed by atoms with Gasteiger partial charge in [-0.2, -0.15) is 21.6 Å². The zero-order chi connectivity index (χ0) is 80.0. The Morgan fingerprint density at radius 1 is 0.818 bits per heavy atom. The highest BCUT2D eigenvalue weighted by molar-refractivity contribution is 8.76. The number of aliphatic hydroxyl groups excluding tert-OH is 1. The molecular formula is C71H88N6O27P3S3+. The van der Waals surface area contributed by atoms with Crippen molar-refractivity contribution < 1.29 is 122 Å². The minimum atomic E-state index is -5.85. The number of carboxylic acids is 2. The first kappa shape index (κ1) is 85.4. The van der Waals surface area contributed by atoms with Gasteiger partial charge in [0.1, 0.15) is 30.4 Å². The summed E-state index contributed by atoms with van der Waals surface area (Å²) >= 11 is 0. The number of unbranched alkanes of at least 4 members (excludes halogenated alkanes) is 3. The van der Waals surface area contributed by atoms with Gasteiger partial charge >= 0.3 is 41.1 Å². The summed E-state index contributed by atoms with van der Waals surface area (Å²) in [6.07, 6.45) is 0.909. The number of phosphoric acid groups is 3. The van der Waals surface area contributed by atoms with Crippen LogP contribution in [0.4, 0.5) is 11.4 Å². The Labute approximate surface area is 640 Å². The van der Waals surface area contributed by atoms with Crippen LogP contribution in [0.3, 0.4) is 0 Å². The maximum atomic E-state index is 14.5. The number of rotatable bonds is 37. The van der Waals surface area contributed by atoms with Gasteiger partial charge in [-0.05, 0) is 93.3 Å². The number of carbonyl (C=O) groups is 6. The number of carbonyl (C=O) groups excluding carboxylic acids is 4. The fourth-order valence-corrected chi connectivity index (χ4v) is 20.7. The Morgan fingerprint density at radius 3 is 2.23 bits per heavy atom. The molecule has 39 heteroatoms. The van der Waals surface area contributed by atoms with Crippen LogP contribution in [0, 0.1) is 17.8 Å². The zero-order valence-corrected chi connectivity index (χ0v) is 65.7. The highest BCUT2D eigenvalue weighted by Crippen LogP contribution is 2.66. The van der Waals surface area contributed by atoms with E-state index >= 15 is 0 Å². The van der Waals surface area contributed by atoms with E-state index in [0.29, 0.717) is 57.2 Å². The number of benzene rings is 3. The molecule has 110 heavy (non-hydrogen) atoms. The summed E-state index contributed by atoms with van der Waals surface area (Å²) < 4.78 is 103. The molecule has 1 aromatic heterocycles. The molecule has 33 nitrogen and oxygen atoms in total. The molecule has 0 saturated carbocycles. The molecule has 0 bridgehead atoms. The second-order valence-corrected chi connectivity index (χ2v) is 36.9. The minimum Gasteiger partial charge on any atom is -0.481 e. The first-order valence-corrected chi connectivity index (χ1v) is 43.8. The van der Waals surface area contributed by atoms with Crippen LogP contribution >= 0.6 is 45.1 Å². The highest BCUT2D eigenvalue weighted by Gasteiger charge is 2.55. The molecule has 3 aromatic carbocycles. The number of aliphatic carboxylic acids is 2. The summed E-state index contributed by atoms with van der Waals surface area (Å²) in [4.78, 5) is 145. The first-order valence-electron chi connectivity index (χ1n) is 35.5. The van der Waals surface area contributed by atoms with E-state index in [1.54, 1.807) is 19.1 Å². The van der Waals surface area contributed by atoms with Crippen molar-refractivity contribution in [2.24, 2.45) is 5.92 Å². The Hall–Kier alpha value is -7.07. The molecule has 0 spiro atoms. The molecule has 6 aliphatic heterocycles. The highest BCUT2D eigenvalue weighted by atomic mass is 33.1. The molecule has 0 radical (unpaired) electrons. The van der Waals surface area contributed by atoms with Gasteiger partial charge in [0.2, 0.25) is 17.5 Å². The van der Waals surface area contributed by atoms with E-state index in [9.17, 15) is 90.1 Å². The number of ether oxygens (including phenoxy) is 3. The lowest BCUT2D eigenvalue weighted by molar-refractivity contribution is -0.445. The zero-order valence-electron chi connectivity index (χ0n) is 60.6. The van der Waals surface area contributed by atoms with Crippen molar-refractivity contribution in [1.29, 1.82) is 0 Å². The van der Waals surface area contributed by atoms with E-state index in [1.165, 1.54) is 27.7 Å². The van der Waals surface area contributed by atoms with E-state index in [1.807, 2.05) is 48.5 Å². The standard InChI is InChI=1S/C71H87N6O27P3S3/c1-6-42(68(86)87)33-55(79)51(36-64(83)84)73-61(81)19-13-8-7-12-18-54(78)50(22-25-60(43-15-10-9-11-16-43)109-108-40-99-30-14-17-44-38-77(69(88)74-67(44)85)63-37-56(80)59(102-63)39-100-106(92,93)104-107(94,95)103-105(89,90)91)72-62(82)32-41-20-23-52-48(31-41)70(2,3)65-46-35-47-58(101-57(46)26-28-75(52)65)27-29-76-53-24-21-45(110(96,97)98)34-49(53)71(4,5)66(47)76/h9-11,15-16,20-21,23-24,31,34-35,38,42,50-51,56-60,63,80H,6-8,12-13,18-19,22,25-30,32-33,36-37,39-40H2,1-5H3,(H9-,72,73,74,81,82,83,84,85,86,87,88,89,90,91,92,93,94,95,96,97,98)/p+1. The SMILES string of the molecule is CCC(CC(=O)C(CC(=O)O)NC(=O)CCCCCCC(=O)C(CCC(SSCOCC#Cc1cn(C2CC(O)C(COP(=O)(O)OP(=O)(O)OP(=O)(O)O)O2)c(=O)[nH]c1=O)c1ccccc1)NC(=O)Cc1ccc2c(c1)C(C)(C)C1=C3C=C4C5=[N+](CCC4OC3CCN12)c1ccc(S(=O)(=O)O)cc1C5(C)C)C(=O)O. The van der Waals surface area contributed by atoms with Gasteiger partial charge in [0, 0.05) is 89.7 Å². The van der Waals surface area contributed by atoms with Gasteiger partial charge in [0.15, 0.2) is 23.8 Å². The molecule has 6 aliphatic rings. The number of H-pyrrole nitrogens is 1. The summed E-state index contributed by atoms with van der Waals surface area (Å²) in [5.41, 5.74) is 6.12. The molecule has 10 rings (SSSR count). The van der Waals surface area contributed by atoms with Crippen LogP contribution in [0.15, 0.2) is 110 Å². The summed E-state index contributed by atoms with van der Waals surface area (Å²) in [6, 6.07) is 17.8. The van der Waals surface area contributed by atoms with Crippen molar-refractivity contribution >= 4 is 108 Å². The predicted molar refractivity (Wildman–Crippen MR) is 399 cm³/mol. The van der Waals surface area contributed by atoms with E-state index < -0.39 is 141 Å². The number of hydrogen-bond donors (Lipinski definition) is 11. The van der Waals surface area contributed by atoms with Crippen LogP contribution in [0.5, 0.6) is 0 Å². The number of phosphoric ester groups is 1. The first-order chi connectivity index (χ1) is 51.7. The van der Waals surface area contributed by atoms with Crippen LogP contribution < -0.4 is 26.8 Å². The van der Waals surface area contributed by atoms with Gasteiger partial charge in [-0.1, -0.05) is 110 Å². The number of amides is 2. The molecule has 0 aliphatic carbocycles. The average molecular weight is 1650 g/mol. The van der Waals surface area contributed by atoms with Gasteiger partial charge in [0.25, 0.3) is 15.7 Å². The van der Waals surface area contributed by atoms with E-state index in [0.717, 1.165) is 67.8 Å². The normalized spacial score (nSPS) is 21.7. The lowest BCUT2D eigenvalue weighted by Gasteiger charge is -2.42. The number of aliphatic hydroxyl groups is 1. The van der Waals surface area contributed by atoms with Crippen molar-refractivity contribution in [1.82, 2.24) is 20.2 Å². The van der Waals surface area contributed by atoms with E-state index in [2.05, 4.69) is 83.8 Å². The molecule has 11 unspecified atom stereocenters. The number of fused-ring (bicyclic) bond motifs is 8. The van der Waals surface area contributed by atoms with Gasteiger partial charge in [-0.25, -0.2) is 18.5 Å². The second kappa shape index (κ2) is 35.5. The van der Waals surface area contributed by atoms with Crippen molar-refractivity contribution in [3.8, 4) is 11.8 Å². The molecule has 1 fully saturated rings. The number of aromatic amines is 1. The number of carboxylic acid groups (broad SMARTS) is 2. The molecule has 7 heterocycles. The maximum absolute atomic E-state index is 14.5. The van der Waals surface area contributed by atoms with E-state index in [-0.39, 0.29) is 84.8 Å². The molecule has 4 aromatic rings. The topological polar surface area (TPSA) is 490 Å². The fourth-order valence-electron chi connectivity index (χ4n) is 14.8. The van der Waals surface area contributed by atoms with Crippen LogP contribution in [0.25, 0.3) is 0 Å². The minimum absolute atomic E-state index is 0.0641. The number of anilines is 1. The summed E-state index contributed by atoms with van der Waals surface area (Å²) in [5, 5.41) is 34.8. The van der Waals surface area contributed by atoms with Crippen LogP contribution in [-0.4, -0.2) is 172 Å². The lowest BCUT2D eigenvalue weighted by atomic mass is 9.74. The second-order valence-electron chi connectivity index (χ2n) is 28.5. The molecule has 2 amide bonds. The van der Waals surface area contributed by atoms with Crippen molar-refractivity contribution in [3.05, 3.63) is 145 Å². The summed E-state index contributed by atoms with van der Waals surface area (Å²) in [5.74, 6) is -0.0898. The number of hydrogen-bond acceptors (Lipinski definition) is 23. The van der Waals surface area contributed by atoms with Gasteiger partial charge in [0.05, 0.1) is 66.1 Å². The molecule has 596 valence electrons. The third-order valence-electron chi connectivity index (χ3n) is 20.0. The largest absolute Gasteiger partial charge is 0.490 e. The maximum Gasteiger partial charge on any atom is 0.490 e. The molecule has 11 N–H and O–H groups in total. The Balaban J connectivity index is 0.794. The van der Waals surface area contributed by atoms with Gasteiger partial charge in [-0.3, -0.25) is 52.2 Å². The Kier molecular flexibility index (Phi) is 27.6. The number of ketones is 2. The Morgan fingerprint density at radius 2 is 1.54 bits per heavy atom. The number of Topliss-reactive ketones (excluding diaryl/α,β-unsaturated/α-hetero) is 2. The monoisotopic (exact) mass is 1650 g/mol. The predicted octanol–water partition coefficient (Wildman–Crippen LogP) is 7.60. The van der Waals surface area contributed by atoms with Crippen molar-refractivity contribution in [3.63, 3.8) is 0 Å². The third kappa shape index (κ3) is 21.0. The Bertz CT molecular complexity index is 4800. The van der Waals surface area contributed by atoms with Crippen LogP contribution in [0.2, 0.25) is 0 Å². The van der Waals surface area contributed by atoms with Crippen LogP contribution in [0.1, 0.15) is 164 Å². The molecular weight excluding hydrogens is 1560 g/mol. The lowest BCUT2D eigenvalue weighted by Crippen LogP contribution is -2.47. The van der Waals surface area contributed by atoms with Crippen molar-refractivity contribution in [2.75, 3.05) is 37.1 Å². The summed E-state index contributed by atoms with van der Waals surface area (Å²) in [7, 11) is -18.8. The number of nitrogens with one attached hydrogen (secondary N) is 3. The quantitative estimate of drug-likeness (QED) is 0.00393. The van der Waals surface area contributed by atoms with Gasteiger partial charge in [-0.15, -0.1) is 0 Å². The smallest absolute Gasteiger partial charge is 0.481 e. The summed E-state index contributed by atoms with van der Waals surface area (Å²) in [6.45, 7) is 10.1. The number of allylic oxidation sites excluding steroid dienone is 1. The third-order valence-corrected chi connectivity index (χ3v) is 27.2. The molecule has 1 saturated heterocycles. The fraction of sp³-hybridized carbons (Fsp3) is 0.507. The van der Waals surface area contributed by atoms with Crippen molar-refractivity contribution in [2.45, 2.75) is 195 Å². The molecule has 11 atom stereocenters. The van der Waals surface area contributed by atoms with E-state index in [4.69, 9.17) is 24.0 Å². The number of aromatic nitrogens is 2.